The summed E-state index contributed by atoms with van der Waals surface area (Å²) in [5.74, 6) is 10.2. The molecule has 0 aromatic heterocycles. The number of nitrogens with one attached hydrogen (secondary N) is 1. The summed E-state index contributed by atoms with van der Waals surface area (Å²) >= 11 is 0. The van der Waals surface area contributed by atoms with Gasteiger partial charge >= 0.3 is 0 Å². The molecule has 0 unspecified atom stereocenters. The van der Waals surface area contributed by atoms with Crippen molar-refractivity contribution in [2.75, 3.05) is 40.8 Å². The number of amides is 3. The Morgan fingerprint density at radius 1 is 0.953 bits per heavy atom. The van der Waals surface area contributed by atoms with Crippen LogP contribution in [0.15, 0.2) is 30.3 Å². The fraction of sp³-hybridized carbons (Fsp3) is 0.618. The number of carbonyl (C=O) groups excluding carboxylic acids is 3. The minimum atomic E-state index is -1.26. The van der Waals surface area contributed by atoms with Gasteiger partial charge in [-0.2, -0.15) is 0 Å². The molecule has 1 aliphatic carbocycles. The van der Waals surface area contributed by atoms with Gasteiger partial charge in [-0.25, -0.2) is 0 Å². The van der Waals surface area contributed by atoms with Gasteiger partial charge in [0.05, 0.1) is 6.04 Å². The van der Waals surface area contributed by atoms with Crippen LogP contribution in [0.3, 0.4) is 0 Å². The van der Waals surface area contributed by atoms with E-state index in [1.54, 1.807) is 23.8 Å². The number of likely N-dealkylation sites (N-methyl/N-ethyl adjacent to an activating group) is 2. The van der Waals surface area contributed by atoms with Crippen LogP contribution in [0.4, 0.5) is 0 Å². The lowest BCUT2D eigenvalue weighted by atomic mass is 9.83. The van der Waals surface area contributed by atoms with E-state index in [9.17, 15) is 24.6 Å². The zero-order valence-electron chi connectivity index (χ0n) is 26.3. The normalized spacial score (nSPS) is 15.2. The Bertz CT molecular complexity index is 1130. The summed E-state index contributed by atoms with van der Waals surface area (Å²) in [6.07, 6.45) is 4.06. The predicted octanol–water partition coefficient (Wildman–Crippen LogP) is 2.41. The van der Waals surface area contributed by atoms with Gasteiger partial charge in [-0.15, -0.1) is 5.92 Å². The summed E-state index contributed by atoms with van der Waals surface area (Å²) in [6.45, 7) is 3.61. The summed E-state index contributed by atoms with van der Waals surface area (Å²) in [5, 5.41) is 23.8. The van der Waals surface area contributed by atoms with Gasteiger partial charge in [0.25, 0.3) is 5.91 Å². The molecular formula is C34H50N4O5. The fourth-order valence-electron chi connectivity index (χ4n) is 5.19. The molecule has 43 heavy (non-hydrogen) atoms. The SMILES string of the molecule is CC#C[C@H](O)[C@H](O)[C@@H](CC1CCCCC1)NC(=O)C#CCCN(Cc1ccccc1)C(=O)CCC(=O)N(C)CCN(C)C. The highest BCUT2D eigenvalue weighted by Crippen LogP contribution is 2.28. The summed E-state index contributed by atoms with van der Waals surface area (Å²) in [6, 6.07) is 8.95. The van der Waals surface area contributed by atoms with Crippen LogP contribution in [0, 0.1) is 29.6 Å². The van der Waals surface area contributed by atoms with Gasteiger partial charge in [0, 0.05) is 52.5 Å². The average molecular weight is 595 g/mol. The van der Waals surface area contributed by atoms with Crippen molar-refractivity contribution in [1.29, 1.82) is 0 Å². The Morgan fingerprint density at radius 2 is 1.63 bits per heavy atom. The monoisotopic (exact) mass is 594 g/mol. The standard InChI is InChI=1S/C34H50N4O5/c1-5-14-30(39)34(43)29(25-27-15-8-6-9-16-27)35-31(40)19-12-13-22-38(26-28-17-10-7-11-18-28)33(42)21-20-32(41)37(4)24-23-36(2)3/h7,10-11,17-18,27,29-30,34,39,43H,6,8-9,13,15-16,20-26H2,1-4H3,(H,35,40)/t29-,30+,34-/m1/s1. The second-order valence-electron chi connectivity index (χ2n) is 11.6. The Morgan fingerprint density at radius 3 is 2.28 bits per heavy atom. The number of aliphatic hydroxyl groups is 2. The number of carbonyl (C=O) groups is 3. The third-order valence-corrected chi connectivity index (χ3v) is 7.80. The average Bonchev–Trinajstić information content (AvgIpc) is 3.00. The fourth-order valence-corrected chi connectivity index (χ4v) is 5.19. The van der Waals surface area contributed by atoms with Gasteiger partial charge in [0.1, 0.15) is 12.2 Å². The van der Waals surface area contributed by atoms with Crippen LogP contribution in [0.1, 0.15) is 70.3 Å². The predicted molar refractivity (Wildman–Crippen MR) is 168 cm³/mol. The molecule has 0 radical (unpaired) electrons. The maximum Gasteiger partial charge on any atom is 0.296 e. The molecule has 1 aliphatic rings. The van der Waals surface area contributed by atoms with E-state index in [0.29, 0.717) is 32.0 Å². The largest absolute Gasteiger partial charge is 0.387 e. The third-order valence-electron chi connectivity index (χ3n) is 7.80. The topological polar surface area (TPSA) is 113 Å². The van der Waals surface area contributed by atoms with Gasteiger partial charge in [-0.1, -0.05) is 74.3 Å². The molecular weight excluding hydrogens is 544 g/mol. The maximum absolute atomic E-state index is 13.2. The van der Waals surface area contributed by atoms with Crippen LogP contribution in [-0.4, -0.2) is 102 Å². The van der Waals surface area contributed by atoms with Gasteiger partial charge in [-0.3, -0.25) is 14.4 Å². The summed E-state index contributed by atoms with van der Waals surface area (Å²) < 4.78 is 0. The van der Waals surface area contributed by atoms with Crippen LogP contribution >= 0.6 is 0 Å². The number of benzene rings is 1. The van der Waals surface area contributed by atoms with Gasteiger partial charge < -0.3 is 30.2 Å². The molecule has 0 heterocycles. The summed E-state index contributed by atoms with van der Waals surface area (Å²) in [4.78, 5) is 43.8. The Labute approximate surface area is 258 Å². The first kappa shape index (κ1) is 35.8. The molecule has 3 amide bonds. The molecule has 236 valence electrons. The molecule has 2 rings (SSSR count). The van der Waals surface area contributed by atoms with E-state index in [0.717, 1.165) is 37.8 Å². The van der Waals surface area contributed by atoms with E-state index in [4.69, 9.17) is 0 Å². The smallest absolute Gasteiger partial charge is 0.296 e. The first-order valence-electron chi connectivity index (χ1n) is 15.4. The first-order chi connectivity index (χ1) is 20.6. The molecule has 1 aromatic rings. The highest BCUT2D eigenvalue weighted by Gasteiger charge is 2.29. The zero-order valence-corrected chi connectivity index (χ0v) is 26.3. The highest BCUT2D eigenvalue weighted by molar-refractivity contribution is 5.93. The van der Waals surface area contributed by atoms with Crippen LogP contribution in [0.2, 0.25) is 0 Å². The number of nitrogens with zero attached hydrogens (tertiary/aromatic N) is 3. The van der Waals surface area contributed by atoms with Crippen molar-refractivity contribution in [1.82, 2.24) is 20.0 Å². The van der Waals surface area contributed by atoms with Crippen molar-refractivity contribution >= 4 is 17.7 Å². The van der Waals surface area contributed by atoms with E-state index in [1.165, 1.54) is 6.42 Å². The molecule has 3 N–H and O–H groups in total. The van der Waals surface area contributed by atoms with Crippen molar-refractivity contribution in [3.63, 3.8) is 0 Å². The Hall–Kier alpha value is -3.37. The Balaban J connectivity index is 2.00. The van der Waals surface area contributed by atoms with Crippen molar-refractivity contribution in [2.24, 2.45) is 5.92 Å². The maximum atomic E-state index is 13.2. The van der Waals surface area contributed by atoms with Gasteiger partial charge in [0.2, 0.25) is 11.8 Å². The lowest BCUT2D eigenvalue weighted by Gasteiger charge is -2.30. The number of rotatable bonds is 15. The van der Waals surface area contributed by atoms with E-state index < -0.39 is 24.2 Å². The van der Waals surface area contributed by atoms with E-state index >= 15 is 0 Å². The van der Waals surface area contributed by atoms with E-state index in [-0.39, 0.29) is 31.1 Å². The lowest BCUT2D eigenvalue weighted by molar-refractivity contribution is -0.136. The molecule has 9 heteroatoms. The molecule has 3 atom stereocenters. The second-order valence-corrected chi connectivity index (χ2v) is 11.6. The third kappa shape index (κ3) is 14.1. The minimum Gasteiger partial charge on any atom is -0.387 e. The molecule has 0 saturated heterocycles. The minimum absolute atomic E-state index is 0.0775. The van der Waals surface area contributed by atoms with Crippen LogP contribution in [0.25, 0.3) is 0 Å². The number of hydrogen-bond donors (Lipinski definition) is 3. The molecule has 0 spiro atoms. The molecule has 0 bridgehead atoms. The zero-order chi connectivity index (χ0) is 31.6. The van der Waals surface area contributed by atoms with E-state index in [1.807, 2.05) is 49.3 Å². The Kier molecular flexibility index (Phi) is 16.5. The lowest BCUT2D eigenvalue weighted by Crippen LogP contribution is -2.49. The number of hydrogen-bond acceptors (Lipinski definition) is 6. The van der Waals surface area contributed by atoms with Crippen molar-refractivity contribution in [3.05, 3.63) is 35.9 Å². The van der Waals surface area contributed by atoms with Crippen molar-refractivity contribution in [3.8, 4) is 23.7 Å². The van der Waals surface area contributed by atoms with Crippen molar-refractivity contribution < 1.29 is 24.6 Å². The molecule has 1 fully saturated rings. The summed E-state index contributed by atoms with van der Waals surface area (Å²) in [7, 11) is 5.64. The molecule has 1 aromatic carbocycles. The molecule has 0 aliphatic heterocycles. The van der Waals surface area contributed by atoms with Crippen molar-refractivity contribution in [2.45, 2.75) is 89.5 Å². The molecule has 1 saturated carbocycles. The first-order valence-corrected chi connectivity index (χ1v) is 15.4. The van der Waals surface area contributed by atoms with Gasteiger partial charge in [-0.05, 0) is 44.8 Å². The number of aliphatic hydroxyl groups excluding tert-OH is 2. The van der Waals surface area contributed by atoms with Crippen LogP contribution < -0.4 is 5.32 Å². The van der Waals surface area contributed by atoms with Crippen LogP contribution in [0.5, 0.6) is 0 Å². The summed E-state index contributed by atoms with van der Waals surface area (Å²) in [5.41, 5.74) is 0.962. The van der Waals surface area contributed by atoms with Crippen LogP contribution in [-0.2, 0) is 20.9 Å². The highest BCUT2D eigenvalue weighted by atomic mass is 16.3. The van der Waals surface area contributed by atoms with Gasteiger partial charge in [0.15, 0.2) is 0 Å². The quantitative estimate of drug-likeness (QED) is 0.269. The molecule has 9 nitrogen and oxygen atoms in total. The second kappa shape index (κ2) is 19.7. The van der Waals surface area contributed by atoms with E-state index in [2.05, 4.69) is 29.0 Å².